The van der Waals surface area contributed by atoms with Crippen molar-refractivity contribution in [3.8, 4) is 0 Å². The number of piperidine rings is 1. The molecule has 1 amide bonds. The number of carbonyl (C=O) groups excluding carboxylic acids is 1. The zero-order chi connectivity index (χ0) is 17.2. The van der Waals surface area contributed by atoms with Crippen molar-refractivity contribution in [1.82, 2.24) is 10.3 Å². The second kappa shape index (κ2) is 6.90. The number of thiazole rings is 1. The molecule has 1 aromatic heterocycles. The molecule has 0 aliphatic carbocycles. The smallest absolute Gasteiger partial charge is 0.317 e. The summed E-state index contributed by atoms with van der Waals surface area (Å²) in [5.74, 6) is -0.411. The van der Waals surface area contributed by atoms with Crippen molar-refractivity contribution < 1.29 is 18.0 Å². The van der Waals surface area contributed by atoms with Gasteiger partial charge in [-0.25, -0.2) is 4.98 Å². The van der Waals surface area contributed by atoms with Crippen LogP contribution in [0.15, 0.2) is 30.5 Å². The van der Waals surface area contributed by atoms with E-state index in [9.17, 15) is 18.0 Å². The third-order valence-corrected chi connectivity index (χ3v) is 5.04. The van der Waals surface area contributed by atoms with Crippen LogP contribution in [0, 0.1) is 0 Å². The van der Waals surface area contributed by atoms with E-state index in [1.54, 1.807) is 6.20 Å². The maximum atomic E-state index is 13.0. The number of anilines is 1. The predicted molar refractivity (Wildman–Crippen MR) is 86.4 cm³/mol. The average Bonchev–Trinajstić information content (AvgIpc) is 3.03. The SMILES string of the molecule is O=C(Nc1ncc(C2CCNCC2)s1)c1ccccc1C(F)(F)F. The van der Waals surface area contributed by atoms with Crippen LogP contribution < -0.4 is 10.6 Å². The summed E-state index contributed by atoms with van der Waals surface area (Å²) in [6.07, 6.45) is -0.887. The van der Waals surface area contributed by atoms with E-state index in [-0.39, 0.29) is 0 Å². The van der Waals surface area contributed by atoms with Gasteiger partial charge in [-0.05, 0) is 44.0 Å². The number of amides is 1. The van der Waals surface area contributed by atoms with Crippen molar-refractivity contribution >= 4 is 22.4 Å². The van der Waals surface area contributed by atoms with Gasteiger partial charge in [0, 0.05) is 11.1 Å². The number of alkyl halides is 3. The highest BCUT2D eigenvalue weighted by molar-refractivity contribution is 7.15. The van der Waals surface area contributed by atoms with Gasteiger partial charge in [0.1, 0.15) is 0 Å². The molecule has 0 unspecified atom stereocenters. The summed E-state index contributed by atoms with van der Waals surface area (Å²) in [6.45, 7) is 1.87. The zero-order valence-corrected chi connectivity index (χ0v) is 13.5. The Balaban J connectivity index is 1.75. The van der Waals surface area contributed by atoms with Gasteiger partial charge in [-0.2, -0.15) is 13.2 Å². The molecular weight excluding hydrogens is 339 g/mol. The van der Waals surface area contributed by atoms with Crippen LogP contribution in [0.3, 0.4) is 0 Å². The predicted octanol–water partition coefficient (Wildman–Crippen LogP) is 3.88. The summed E-state index contributed by atoms with van der Waals surface area (Å²) in [5, 5.41) is 6.08. The molecule has 8 heteroatoms. The maximum absolute atomic E-state index is 13.0. The molecular formula is C16H16F3N3OS. The third-order valence-electron chi connectivity index (χ3n) is 3.96. The molecule has 0 spiro atoms. The Labute approximate surface area is 141 Å². The van der Waals surface area contributed by atoms with E-state index < -0.39 is 23.2 Å². The first-order valence-corrected chi connectivity index (χ1v) is 8.41. The minimum atomic E-state index is -4.57. The highest BCUT2D eigenvalue weighted by Gasteiger charge is 2.35. The Morgan fingerprint density at radius 2 is 1.96 bits per heavy atom. The topological polar surface area (TPSA) is 54.0 Å². The van der Waals surface area contributed by atoms with Crippen LogP contribution in [-0.2, 0) is 6.18 Å². The van der Waals surface area contributed by atoms with Crippen LogP contribution in [0.2, 0.25) is 0 Å². The fraction of sp³-hybridized carbons (Fsp3) is 0.375. The van der Waals surface area contributed by atoms with Crippen molar-refractivity contribution in [2.45, 2.75) is 24.9 Å². The van der Waals surface area contributed by atoms with Crippen molar-refractivity contribution in [3.05, 3.63) is 46.5 Å². The Bertz CT molecular complexity index is 723. The van der Waals surface area contributed by atoms with Crippen LogP contribution in [0.4, 0.5) is 18.3 Å². The summed E-state index contributed by atoms with van der Waals surface area (Å²) >= 11 is 1.32. The molecule has 0 bridgehead atoms. The molecule has 1 aromatic carbocycles. The lowest BCUT2D eigenvalue weighted by molar-refractivity contribution is -0.137. The quantitative estimate of drug-likeness (QED) is 0.878. The molecule has 24 heavy (non-hydrogen) atoms. The number of hydrogen-bond acceptors (Lipinski definition) is 4. The molecule has 0 saturated carbocycles. The van der Waals surface area contributed by atoms with E-state index in [4.69, 9.17) is 0 Å². The van der Waals surface area contributed by atoms with Gasteiger partial charge in [0.2, 0.25) is 0 Å². The first kappa shape index (κ1) is 16.9. The molecule has 128 valence electrons. The summed E-state index contributed by atoms with van der Waals surface area (Å²) < 4.78 is 39.0. The van der Waals surface area contributed by atoms with Gasteiger partial charge >= 0.3 is 6.18 Å². The van der Waals surface area contributed by atoms with Crippen molar-refractivity contribution in [2.24, 2.45) is 0 Å². The van der Waals surface area contributed by atoms with Crippen molar-refractivity contribution in [1.29, 1.82) is 0 Å². The molecule has 1 fully saturated rings. The van der Waals surface area contributed by atoms with Gasteiger partial charge in [-0.15, -0.1) is 11.3 Å². The van der Waals surface area contributed by atoms with Gasteiger partial charge in [0.15, 0.2) is 5.13 Å². The molecule has 1 aliphatic heterocycles. The second-order valence-corrected chi connectivity index (χ2v) is 6.65. The van der Waals surface area contributed by atoms with E-state index in [0.717, 1.165) is 36.9 Å². The summed E-state index contributed by atoms with van der Waals surface area (Å²) in [7, 11) is 0. The van der Waals surface area contributed by atoms with Crippen LogP contribution >= 0.6 is 11.3 Å². The van der Waals surface area contributed by atoms with Crippen LogP contribution in [0.5, 0.6) is 0 Å². The molecule has 0 radical (unpaired) electrons. The zero-order valence-electron chi connectivity index (χ0n) is 12.7. The number of carbonyl (C=O) groups is 1. The molecule has 1 saturated heterocycles. The van der Waals surface area contributed by atoms with E-state index in [1.807, 2.05) is 0 Å². The molecule has 2 N–H and O–H groups in total. The lowest BCUT2D eigenvalue weighted by atomic mass is 9.97. The number of nitrogens with zero attached hydrogens (tertiary/aromatic N) is 1. The minimum Gasteiger partial charge on any atom is -0.317 e. The number of rotatable bonds is 3. The van der Waals surface area contributed by atoms with Crippen LogP contribution in [0.25, 0.3) is 0 Å². The number of hydrogen-bond donors (Lipinski definition) is 2. The van der Waals surface area contributed by atoms with Gasteiger partial charge in [-0.1, -0.05) is 12.1 Å². The Kier molecular flexibility index (Phi) is 4.86. The van der Waals surface area contributed by atoms with Gasteiger partial charge in [0.25, 0.3) is 5.91 Å². The second-order valence-electron chi connectivity index (χ2n) is 5.59. The highest BCUT2D eigenvalue weighted by atomic mass is 32.1. The van der Waals surface area contributed by atoms with Gasteiger partial charge < -0.3 is 5.32 Å². The lowest BCUT2D eigenvalue weighted by Gasteiger charge is -2.20. The molecule has 2 aromatic rings. The van der Waals surface area contributed by atoms with E-state index in [2.05, 4.69) is 15.6 Å². The Morgan fingerprint density at radius 3 is 2.67 bits per heavy atom. The Morgan fingerprint density at radius 1 is 1.25 bits per heavy atom. The normalized spacial score (nSPS) is 16.1. The highest BCUT2D eigenvalue weighted by Crippen LogP contribution is 2.34. The van der Waals surface area contributed by atoms with Crippen LogP contribution in [-0.4, -0.2) is 24.0 Å². The van der Waals surface area contributed by atoms with Gasteiger partial charge in [0.05, 0.1) is 11.1 Å². The first-order valence-electron chi connectivity index (χ1n) is 7.59. The number of aromatic nitrogens is 1. The number of halogens is 3. The van der Waals surface area contributed by atoms with E-state index in [1.165, 1.54) is 29.5 Å². The molecule has 3 rings (SSSR count). The van der Waals surface area contributed by atoms with Crippen molar-refractivity contribution in [2.75, 3.05) is 18.4 Å². The molecule has 1 aliphatic rings. The lowest BCUT2D eigenvalue weighted by Crippen LogP contribution is -2.26. The van der Waals surface area contributed by atoms with E-state index in [0.29, 0.717) is 11.0 Å². The fourth-order valence-corrected chi connectivity index (χ4v) is 3.71. The largest absolute Gasteiger partial charge is 0.417 e. The average molecular weight is 355 g/mol. The Hall–Kier alpha value is -1.93. The molecule has 0 atom stereocenters. The van der Waals surface area contributed by atoms with Crippen LogP contribution in [0.1, 0.15) is 39.6 Å². The fourth-order valence-electron chi connectivity index (χ4n) is 2.73. The third kappa shape index (κ3) is 3.76. The monoisotopic (exact) mass is 355 g/mol. The summed E-state index contributed by atoms with van der Waals surface area (Å²) in [5.41, 5.74) is -1.35. The summed E-state index contributed by atoms with van der Waals surface area (Å²) in [4.78, 5) is 17.4. The number of nitrogens with one attached hydrogen (secondary N) is 2. The van der Waals surface area contributed by atoms with E-state index >= 15 is 0 Å². The molecule has 4 nitrogen and oxygen atoms in total. The van der Waals surface area contributed by atoms with Gasteiger partial charge in [-0.3, -0.25) is 10.1 Å². The first-order chi connectivity index (χ1) is 11.4. The minimum absolute atomic E-state index is 0.325. The molecule has 2 heterocycles. The standard InChI is InChI=1S/C16H16F3N3OS/c17-16(18,19)12-4-2-1-3-11(12)14(23)22-15-21-9-13(24-15)10-5-7-20-8-6-10/h1-4,9-10,20H,5-8H2,(H,21,22,23). The van der Waals surface area contributed by atoms with Crippen molar-refractivity contribution in [3.63, 3.8) is 0 Å². The maximum Gasteiger partial charge on any atom is 0.417 e. The number of benzene rings is 1. The summed E-state index contributed by atoms with van der Waals surface area (Å²) in [6, 6.07) is 4.74.